The zero-order chi connectivity index (χ0) is 57.5. The largest absolute Gasteiger partial charge is 0.459 e. The number of imide groups is 1. The van der Waals surface area contributed by atoms with Gasteiger partial charge in [0, 0.05) is 0 Å². The van der Waals surface area contributed by atoms with Crippen molar-refractivity contribution in [1.82, 2.24) is 4.90 Å². The number of carbonyl (C=O) groups is 4. The highest BCUT2D eigenvalue weighted by Gasteiger charge is 2.59. The second-order valence-electron chi connectivity index (χ2n) is 20.5. The number of nitrogens with zero attached hydrogens (tertiary/aromatic N) is 1. The Morgan fingerprint density at radius 1 is 0.369 bits per heavy atom. The summed E-state index contributed by atoms with van der Waals surface area (Å²) < 4.78 is 68.8. The molecule has 3 heterocycles. The van der Waals surface area contributed by atoms with Crippen LogP contribution in [0.4, 0.5) is 0 Å². The van der Waals surface area contributed by atoms with Gasteiger partial charge in [-0.25, -0.2) is 9.59 Å². The van der Waals surface area contributed by atoms with Crippen LogP contribution in [0, 0.1) is 0 Å². The molecule has 0 aromatic heterocycles. The van der Waals surface area contributed by atoms with Gasteiger partial charge < -0.3 is 47.4 Å². The molecule has 2 amide bonds. The van der Waals surface area contributed by atoms with E-state index in [4.69, 9.17) is 47.4 Å². The Hall–Kier alpha value is -8.48. The van der Waals surface area contributed by atoms with E-state index in [1.54, 1.807) is 84.9 Å². The van der Waals surface area contributed by atoms with Gasteiger partial charge in [-0.1, -0.05) is 200 Å². The van der Waals surface area contributed by atoms with Gasteiger partial charge >= 0.3 is 11.9 Å². The summed E-state index contributed by atoms with van der Waals surface area (Å²) in [6.45, 7) is -0.253. The average Bonchev–Trinajstić information content (AvgIpc) is 2.50. The highest BCUT2D eigenvalue weighted by atomic mass is 16.8. The van der Waals surface area contributed by atoms with Gasteiger partial charge in [0.1, 0.15) is 49.3 Å². The van der Waals surface area contributed by atoms with Crippen molar-refractivity contribution < 1.29 is 66.5 Å². The van der Waals surface area contributed by atoms with Gasteiger partial charge in [0.2, 0.25) is 0 Å². The summed E-state index contributed by atoms with van der Waals surface area (Å²) >= 11 is 0. The van der Waals surface area contributed by atoms with E-state index in [2.05, 4.69) is 0 Å². The number of esters is 2. The summed E-state index contributed by atoms with van der Waals surface area (Å²) in [6.07, 6.45) is -11.5. The van der Waals surface area contributed by atoms with Crippen molar-refractivity contribution in [2.75, 3.05) is 13.2 Å². The molecule has 0 unspecified atom stereocenters. The van der Waals surface area contributed by atoms with E-state index in [-0.39, 0.29) is 62.9 Å². The maximum atomic E-state index is 15.0. The first kappa shape index (κ1) is 57.3. The summed E-state index contributed by atoms with van der Waals surface area (Å²) in [7, 11) is 0. The number of benzene rings is 8. The van der Waals surface area contributed by atoms with E-state index in [1.165, 1.54) is 0 Å². The number of ether oxygens (including phenoxy) is 10. The Kier molecular flexibility index (Phi) is 19.2. The van der Waals surface area contributed by atoms with Crippen molar-refractivity contribution in [3.05, 3.63) is 287 Å². The zero-order valence-electron chi connectivity index (χ0n) is 45.9. The second kappa shape index (κ2) is 28.2. The third-order valence-electron chi connectivity index (χ3n) is 14.8. The molecule has 428 valence electrons. The standard InChI is InChI=1S/C69H63NO14/c71-64-54-38-22-23-39-55(54)65(72)70(64)58-61(83-67(74)53-36-20-7-21-37-53)60(56(45-75-40-47-24-8-1-9-25-47)81-68(58)80-44-51-32-16-5-17-33-51)84-69-63(78-43-50-30-14-4-15-31-50)62(77-42-49-28-12-3-13-29-49)59(76-41-48-26-10-2-11-27-48)57(82-69)46-79-66(73)52-34-18-6-19-35-52/h1-39,56-63,68-69H,40-46H2/t56-,57-,58-,59-,60-,61-,62+,63+,68+,69+/m1/s1. The van der Waals surface area contributed by atoms with Crippen LogP contribution >= 0.6 is 0 Å². The molecule has 11 rings (SSSR count). The molecular formula is C69H63NO14. The van der Waals surface area contributed by atoms with Gasteiger partial charge in [-0.2, -0.15) is 0 Å². The van der Waals surface area contributed by atoms with E-state index < -0.39 is 85.1 Å². The molecule has 3 aliphatic heterocycles. The lowest BCUT2D eigenvalue weighted by atomic mass is 9.93. The number of fused-ring (bicyclic) bond motifs is 1. The first-order valence-electron chi connectivity index (χ1n) is 28.0. The van der Waals surface area contributed by atoms with Gasteiger partial charge in [-0.05, 0) is 64.2 Å². The predicted molar refractivity (Wildman–Crippen MR) is 308 cm³/mol. The highest BCUT2D eigenvalue weighted by Crippen LogP contribution is 2.40. The fourth-order valence-electron chi connectivity index (χ4n) is 10.6. The zero-order valence-corrected chi connectivity index (χ0v) is 45.9. The highest BCUT2D eigenvalue weighted by molar-refractivity contribution is 6.21. The lowest BCUT2D eigenvalue weighted by molar-refractivity contribution is -0.364. The Balaban J connectivity index is 1.05. The van der Waals surface area contributed by atoms with Crippen molar-refractivity contribution in [2.24, 2.45) is 0 Å². The van der Waals surface area contributed by atoms with Gasteiger partial charge in [0.05, 0.1) is 61.9 Å². The minimum atomic E-state index is -1.58. The quantitative estimate of drug-likeness (QED) is 0.0415. The molecule has 8 aromatic carbocycles. The van der Waals surface area contributed by atoms with Crippen LogP contribution in [0.25, 0.3) is 0 Å². The molecule has 8 aromatic rings. The number of rotatable bonds is 24. The number of amides is 2. The SMILES string of the molecule is O=C(OC[C@H]1O[C@@H](O[C@H]2[C@H](OC(=O)c3ccccc3)[C@@H](N3C(=O)c4ccccc4C3=O)[C@@H](OCc3ccccc3)O[C@@H]2COCc2ccccc2)[C@@H](OCc2ccccc2)[C@@H](OCc2ccccc2)[C@@H]1OCc1ccccc1)c1ccccc1. The van der Waals surface area contributed by atoms with Crippen molar-refractivity contribution in [1.29, 1.82) is 0 Å². The maximum absolute atomic E-state index is 15.0. The molecular weight excluding hydrogens is 1070 g/mol. The van der Waals surface area contributed by atoms with Crippen LogP contribution in [0.15, 0.2) is 237 Å². The Bertz CT molecular complexity index is 3350. The van der Waals surface area contributed by atoms with Crippen molar-refractivity contribution in [2.45, 2.75) is 94.4 Å². The van der Waals surface area contributed by atoms with Gasteiger partial charge in [0.25, 0.3) is 11.8 Å². The monoisotopic (exact) mass is 1130 g/mol. The lowest BCUT2D eigenvalue weighted by Crippen LogP contribution is -2.69. The fourth-order valence-corrected chi connectivity index (χ4v) is 10.6. The molecule has 0 bridgehead atoms. The molecule has 2 fully saturated rings. The number of carbonyl (C=O) groups excluding carboxylic acids is 4. The fraction of sp³-hybridized carbons (Fsp3) is 0.246. The third kappa shape index (κ3) is 14.1. The molecule has 0 aliphatic carbocycles. The second-order valence-corrected chi connectivity index (χ2v) is 20.5. The molecule has 0 N–H and O–H groups in total. The van der Waals surface area contributed by atoms with Crippen LogP contribution in [-0.2, 0) is 80.4 Å². The summed E-state index contributed by atoms with van der Waals surface area (Å²) in [5.74, 6) is -2.74. The third-order valence-corrected chi connectivity index (χ3v) is 14.8. The molecule has 84 heavy (non-hydrogen) atoms. The summed E-state index contributed by atoms with van der Waals surface area (Å²) in [6, 6.07) is 69.6. The number of hydrogen-bond donors (Lipinski definition) is 0. The van der Waals surface area contributed by atoms with Gasteiger partial charge in [-0.15, -0.1) is 0 Å². The molecule has 2 saturated heterocycles. The minimum Gasteiger partial charge on any atom is -0.459 e. The van der Waals surface area contributed by atoms with Crippen molar-refractivity contribution >= 4 is 23.8 Å². The minimum absolute atomic E-state index is 0.0310. The topological polar surface area (TPSA) is 164 Å². The average molecular weight is 1130 g/mol. The summed E-state index contributed by atoms with van der Waals surface area (Å²) in [5.41, 5.74) is 4.88. The van der Waals surface area contributed by atoms with Crippen LogP contribution < -0.4 is 0 Å². The van der Waals surface area contributed by atoms with E-state index in [9.17, 15) is 19.2 Å². The smallest absolute Gasteiger partial charge is 0.338 e. The molecule has 0 radical (unpaired) electrons. The first-order chi connectivity index (χ1) is 41.3. The summed E-state index contributed by atoms with van der Waals surface area (Å²) in [4.78, 5) is 59.8. The molecule has 15 heteroatoms. The molecule has 0 spiro atoms. The van der Waals surface area contributed by atoms with Crippen LogP contribution in [0.1, 0.15) is 69.2 Å². The molecule has 15 nitrogen and oxygen atoms in total. The maximum Gasteiger partial charge on any atom is 0.338 e. The lowest BCUT2D eigenvalue weighted by Gasteiger charge is -2.51. The van der Waals surface area contributed by atoms with E-state index in [1.807, 2.05) is 152 Å². The van der Waals surface area contributed by atoms with Crippen molar-refractivity contribution in [3.63, 3.8) is 0 Å². The number of hydrogen-bond acceptors (Lipinski definition) is 14. The van der Waals surface area contributed by atoms with Crippen molar-refractivity contribution in [3.8, 4) is 0 Å². The molecule has 10 atom stereocenters. The van der Waals surface area contributed by atoms with E-state index >= 15 is 0 Å². The Morgan fingerprint density at radius 2 is 0.750 bits per heavy atom. The normalized spacial score (nSPS) is 22.9. The van der Waals surface area contributed by atoms with Gasteiger partial charge in [0.15, 0.2) is 18.7 Å². The molecule has 3 aliphatic rings. The van der Waals surface area contributed by atoms with E-state index in [0.717, 1.165) is 32.7 Å². The Morgan fingerprint density at radius 3 is 1.24 bits per heavy atom. The van der Waals surface area contributed by atoms with Gasteiger partial charge in [-0.3, -0.25) is 14.5 Å². The molecule has 0 saturated carbocycles. The van der Waals surface area contributed by atoms with Crippen LogP contribution in [0.2, 0.25) is 0 Å². The van der Waals surface area contributed by atoms with E-state index in [0.29, 0.717) is 5.56 Å². The Labute approximate surface area is 487 Å². The van der Waals surface area contributed by atoms with Crippen LogP contribution in [0.3, 0.4) is 0 Å². The van der Waals surface area contributed by atoms with Crippen LogP contribution in [-0.4, -0.2) is 103 Å². The summed E-state index contributed by atoms with van der Waals surface area (Å²) in [5, 5.41) is 0. The predicted octanol–water partition coefficient (Wildman–Crippen LogP) is 10.8. The van der Waals surface area contributed by atoms with Crippen LogP contribution in [0.5, 0.6) is 0 Å². The first-order valence-corrected chi connectivity index (χ1v) is 28.0.